The predicted molar refractivity (Wildman–Crippen MR) is 79.1 cm³/mol. The van der Waals surface area contributed by atoms with Gasteiger partial charge in [0.2, 0.25) is 0 Å². The molecule has 0 aromatic heterocycles. The minimum absolute atomic E-state index is 0.163. The average Bonchev–Trinajstić information content (AvgIpc) is 2.47. The van der Waals surface area contributed by atoms with Crippen molar-refractivity contribution in [2.45, 2.75) is 31.8 Å². The summed E-state index contributed by atoms with van der Waals surface area (Å²) in [6, 6.07) is 7.89. The van der Waals surface area contributed by atoms with Gasteiger partial charge in [0.1, 0.15) is 0 Å². The first-order chi connectivity index (χ1) is 9.93. The molecule has 2 unspecified atom stereocenters. The van der Waals surface area contributed by atoms with Gasteiger partial charge >= 0.3 is 12.0 Å². The lowest BCUT2D eigenvalue weighted by Gasteiger charge is -2.28. The summed E-state index contributed by atoms with van der Waals surface area (Å²) in [7, 11) is 1.55. The Hall–Kier alpha value is -2.08. The third kappa shape index (κ3) is 4.46. The quantitative estimate of drug-likeness (QED) is 0.714. The van der Waals surface area contributed by atoms with Gasteiger partial charge in [-0.15, -0.1) is 0 Å². The molecule has 0 saturated carbocycles. The van der Waals surface area contributed by atoms with Gasteiger partial charge in [-0.2, -0.15) is 0 Å². The molecule has 0 saturated heterocycles. The number of carbonyl (C=O) groups excluding carboxylic acids is 1. The summed E-state index contributed by atoms with van der Waals surface area (Å²) >= 11 is 0. The lowest BCUT2D eigenvalue weighted by atomic mass is 9.92. The monoisotopic (exact) mass is 294 g/mol. The zero-order chi connectivity index (χ0) is 15.9. The highest BCUT2D eigenvalue weighted by atomic mass is 16.5. The van der Waals surface area contributed by atoms with Crippen LogP contribution in [0.3, 0.4) is 0 Å². The number of hydrogen-bond acceptors (Lipinski definition) is 3. The van der Waals surface area contributed by atoms with Gasteiger partial charge in [-0.25, -0.2) is 9.59 Å². The summed E-state index contributed by atoms with van der Waals surface area (Å²) < 4.78 is 5.00. The molecule has 1 aromatic carbocycles. The van der Waals surface area contributed by atoms with Crippen LogP contribution in [0.4, 0.5) is 4.79 Å². The van der Waals surface area contributed by atoms with Crippen LogP contribution in [0.25, 0.3) is 0 Å². The Labute approximate surface area is 124 Å². The second-order valence-electron chi connectivity index (χ2n) is 4.96. The number of urea groups is 1. The van der Waals surface area contributed by atoms with E-state index >= 15 is 0 Å². The molecular weight excluding hydrogens is 272 g/mol. The summed E-state index contributed by atoms with van der Waals surface area (Å²) in [6.07, 6.45) is 0.691. The summed E-state index contributed by atoms with van der Waals surface area (Å²) in [6.45, 7) is 3.75. The van der Waals surface area contributed by atoms with Crippen molar-refractivity contribution in [3.63, 3.8) is 0 Å². The SMILES string of the molecule is CCC(COC)NC(=O)NC(C)(C(=O)O)c1ccccc1. The van der Waals surface area contributed by atoms with E-state index in [9.17, 15) is 14.7 Å². The van der Waals surface area contributed by atoms with Gasteiger partial charge in [-0.1, -0.05) is 37.3 Å². The maximum Gasteiger partial charge on any atom is 0.333 e. The number of aliphatic carboxylic acids is 1. The zero-order valence-electron chi connectivity index (χ0n) is 12.6. The number of hydrogen-bond donors (Lipinski definition) is 3. The summed E-state index contributed by atoms with van der Waals surface area (Å²) in [5.74, 6) is -1.12. The average molecular weight is 294 g/mol. The van der Waals surface area contributed by atoms with Crippen molar-refractivity contribution in [3.8, 4) is 0 Å². The van der Waals surface area contributed by atoms with Crippen LogP contribution in [0.15, 0.2) is 30.3 Å². The fraction of sp³-hybridized carbons (Fsp3) is 0.467. The summed E-state index contributed by atoms with van der Waals surface area (Å²) in [5, 5.41) is 14.7. The van der Waals surface area contributed by atoms with Gasteiger partial charge in [0.25, 0.3) is 0 Å². The molecule has 0 bridgehead atoms. The molecule has 0 heterocycles. The predicted octanol–water partition coefficient (Wildman–Crippen LogP) is 1.71. The van der Waals surface area contributed by atoms with E-state index in [2.05, 4.69) is 10.6 Å². The standard InChI is InChI=1S/C15H22N2O4/c1-4-12(10-21-3)16-14(20)17-15(2,13(18)19)11-8-6-5-7-9-11/h5-9,12H,4,10H2,1-3H3,(H,18,19)(H2,16,17,20). The Bertz CT molecular complexity index is 478. The van der Waals surface area contributed by atoms with Crippen LogP contribution < -0.4 is 10.6 Å². The minimum Gasteiger partial charge on any atom is -0.479 e. The van der Waals surface area contributed by atoms with Crippen molar-refractivity contribution < 1.29 is 19.4 Å². The van der Waals surface area contributed by atoms with E-state index in [0.29, 0.717) is 18.6 Å². The highest BCUT2D eigenvalue weighted by molar-refractivity contribution is 5.87. The van der Waals surface area contributed by atoms with Crippen LogP contribution >= 0.6 is 0 Å². The van der Waals surface area contributed by atoms with Crippen LogP contribution in [0.2, 0.25) is 0 Å². The Kier molecular flexibility index (Phi) is 6.17. The Morgan fingerprint density at radius 3 is 2.43 bits per heavy atom. The van der Waals surface area contributed by atoms with Crippen molar-refractivity contribution >= 4 is 12.0 Å². The third-order valence-electron chi connectivity index (χ3n) is 3.34. The molecule has 6 nitrogen and oxygen atoms in total. The van der Waals surface area contributed by atoms with Crippen LogP contribution in [0.5, 0.6) is 0 Å². The topological polar surface area (TPSA) is 87.7 Å². The van der Waals surface area contributed by atoms with E-state index in [1.807, 2.05) is 6.92 Å². The molecule has 0 aliphatic heterocycles. The van der Waals surface area contributed by atoms with Crippen molar-refractivity contribution in [2.24, 2.45) is 0 Å². The molecule has 3 N–H and O–H groups in total. The second-order valence-corrected chi connectivity index (χ2v) is 4.96. The lowest BCUT2D eigenvalue weighted by molar-refractivity contribution is -0.144. The molecule has 21 heavy (non-hydrogen) atoms. The molecule has 0 aliphatic carbocycles. The van der Waals surface area contributed by atoms with E-state index in [1.165, 1.54) is 6.92 Å². The first kappa shape index (κ1) is 17.0. The molecule has 0 radical (unpaired) electrons. The Balaban J connectivity index is 2.84. The van der Waals surface area contributed by atoms with Gasteiger partial charge in [0, 0.05) is 7.11 Å². The Morgan fingerprint density at radius 2 is 1.95 bits per heavy atom. The van der Waals surface area contributed by atoms with E-state index in [4.69, 9.17) is 4.74 Å². The van der Waals surface area contributed by atoms with Crippen LogP contribution in [-0.4, -0.2) is 36.9 Å². The molecule has 2 atom stereocenters. The zero-order valence-corrected chi connectivity index (χ0v) is 12.6. The summed E-state index contributed by atoms with van der Waals surface area (Å²) in [5.41, 5.74) is -0.982. The fourth-order valence-electron chi connectivity index (χ4n) is 1.93. The van der Waals surface area contributed by atoms with Gasteiger partial charge < -0.3 is 20.5 Å². The molecule has 116 valence electrons. The fourth-order valence-corrected chi connectivity index (χ4v) is 1.93. The molecule has 0 fully saturated rings. The Morgan fingerprint density at radius 1 is 1.33 bits per heavy atom. The molecule has 0 aliphatic rings. The van der Waals surface area contributed by atoms with Gasteiger partial charge in [-0.3, -0.25) is 0 Å². The maximum absolute atomic E-state index is 12.0. The molecule has 6 heteroatoms. The van der Waals surface area contributed by atoms with E-state index in [-0.39, 0.29) is 6.04 Å². The summed E-state index contributed by atoms with van der Waals surface area (Å²) in [4.78, 5) is 23.6. The van der Waals surface area contributed by atoms with Crippen LogP contribution in [-0.2, 0) is 15.1 Å². The molecular formula is C15H22N2O4. The number of methoxy groups -OCH3 is 1. The highest BCUT2D eigenvalue weighted by Crippen LogP contribution is 2.20. The van der Waals surface area contributed by atoms with Crippen molar-refractivity contribution in [1.82, 2.24) is 10.6 Å². The van der Waals surface area contributed by atoms with Gasteiger partial charge in [-0.05, 0) is 18.9 Å². The number of carboxylic acids is 1. The second kappa shape index (κ2) is 7.64. The lowest BCUT2D eigenvalue weighted by Crippen LogP contribution is -2.55. The number of benzene rings is 1. The first-order valence-electron chi connectivity index (χ1n) is 6.80. The number of carbonyl (C=O) groups is 2. The van der Waals surface area contributed by atoms with Gasteiger partial charge in [0.05, 0.1) is 12.6 Å². The highest BCUT2D eigenvalue weighted by Gasteiger charge is 2.37. The number of nitrogens with one attached hydrogen (secondary N) is 2. The van der Waals surface area contributed by atoms with E-state index in [0.717, 1.165) is 0 Å². The van der Waals surface area contributed by atoms with Crippen molar-refractivity contribution in [2.75, 3.05) is 13.7 Å². The third-order valence-corrected chi connectivity index (χ3v) is 3.34. The number of rotatable bonds is 7. The minimum atomic E-state index is -1.49. The first-order valence-corrected chi connectivity index (χ1v) is 6.80. The van der Waals surface area contributed by atoms with Crippen molar-refractivity contribution in [1.29, 1.82) is 0 Å². The molecule has 1 rings (SSSR count). The van der Waals surface area contributed by atoms with E-state index in [1.54, 1.807) is 37.4 Å². The van der Waals surface area contributed by atoms with Crippen LogP contribution in [0, 0.1) is 0 Å². The normalized spacial score (nSPS) is 14.8. The number of amides is 2. The largest absolute Gasteiger partial charge is 0.479 e. The smallest absolute Gasteiger partial charge is 0.333 e. The number of carboxylic acid groups (broad SMARTS) is 1. The number of ether oxygens (including phenoxy) is 1. The van der Waals surface area contributed by atoms with E-state index < -0.39 is 17.5 Å². The molecule has 1 aromatic rings. The van der Waals surface area contributed by atoms with Crippen molar-refractivity contribution in [3.05, 3.63) is 35.9 Å². The maximum atomic E-state index is 12.0. The van der Waals surface area contributed by atoms with Gasteiger partial charge in [0.15, 0.2) is 5.54 Å². The molecule has 2 amide bonds. The van der Waals surface area contributed by atoms with Crippen LogP contribution in [0.1, 0.15) is 25.8 Å². The molecule has 0 spiro atoms.